The van der Waals surface area contributed by atoms with E-state index in [2.05, 4.69) is 19.2 Å². The monoisotopic (exact) mass is 321 g/mol. The molecule has 1 aromatic rings. The average Bonchev–Trinajstić information content (AvgIpc) is 2.90. The first-order chi connectivity index (χ1) is 11.5. The van der Waals surface area contributed by atoms with Crippen LogP contribution >= 0.6 is 0 Å². The van der Waals surface area contributed by atoms with Crippen molar-refractivity contribution < 1.29 is 14.3 Å². The number of nitrogens with zero attached hydrogens (tertiary/aromatic N) is 1. The highest BCUT2D eigenvalue weighted by Crippen LogP contribution is 2.39. The number of allylic oxidation sites excluding steroid dienone is 3. The van der Waals surface area contributed by atoms with Gasteiger partial charge in [0.25, 0.3) is 0 Å². The summed E-state index contributed by atoms with van der Waals surface area (Å²) in [6.07, 6.45) is 4.50. The quantitative estimate of drug-likeness (QED) is 0.358. The first-order valence-electron chi connectivity index (χ1n) is 7.48. The first-order valence-corrected chi connectivity index (χ1v) is 7.48. The molecule has 0 aromatic heterocycles. The van der Waals surface area contributed by atoms with Crippen molar-refractivity contribution in [3.63, 3.8) is 0 Å². The van der Waals surface area contributed by atoms with Gasteiger partial charge in [-0.05, 0) is 42.3 Å². The zero-order valence-corrected chi connectivity index (χ0v) is 13.8. The maximum absolute atomic E-state index is 12.0. The Bertz CT molecular complexity index is 763. The lowest BCUT2D eigenvalue weighted by Gasteiger charge is -2.19. The molecule has 122 valence electrons. The minimum absolute atomic E-state index is 0.335. The predicted octanol–water partition coefficient (Wildman–Crippen LogP) is 3.84. The zero-order valence-electron chi connectivity index (χ0n) is 13.8. The van der Waals surface area contributed by atoms with Crippen LogP contribution in [0.3, 0.4) is 0 Å². The summed E-state index contributed by atoms with van der Waals surface area (Å²) in [4.78, 5) is 12.0. The molecule has 2 atom stereocenters. The fraction of sp³-hybridized carbons (Fsp3) is 0.200. The Balaban J connectivity index is 2.36. The molecule has 0 spiro atoms. The Hall–Kier alpha value is -3.06. The maximum Gasteiger partial charge on any atom is 0.334 e. The number of carbonyl (C=O) groups excluding carboxylic acids is 1. The molecule has 0 unspecified atom stereocenters. The van der Waals surface area contributed by atoms with Crippen LogP contribution in [0.2, 0.25) is 0 Å². The summed E-state index contributed by atoms with van der Waals surface area (Å²) >= 11 is 0. The third-order valence-corrected chi connectivity index (χ3v) is 3.83. The van der Waals surface area contributed by atoms with E-state index in [0.29, 0.717) is 16.7 Å². The van der Waals surface area contributed by atoms with Crippen LogP contribution in [0.1, 0.15) is 18.4 Å². The van der Waals surface area contributed by atoms with Gasteiger partial charge in [0.1, 0.15) is 11.9 Å². The third-order valence-electron chi connectivity index (χ3n) is 3.83. The number of cyclic esters (lactones) is 1. The molecule has 0 N–H and O–H groups in total. The molecule has 4 heteroatoms. The number of methoxy groups -OCH3 is 1. The van der Waals surface area contributed by atoms with Gasteiger partial charge in [0.15, 0.2) is 0 Å². The predicted molar refractivity (Wildman–Crippen MR) is 92.4 cm³/mol. The number of hydrogen-bond donors (Lipinski definition) is 0. The summed E-state index contributed by atoms with van der Waals surface area (Å²) < 4.78 is 10.6. The van der Waals surface area contributed by atoms with E-state index in [0.717, 1.165) is 11.3 Å². The van der Waals surface area contributed by atoms with E-state index in [1.54, 1.807) is 25.3 Å². The number of rotatable bonds is 5. The molecular formula is C20H19NO3. The molecule has 2 rings (SSSR count). The number of esters is 1. The number of hydrogen-bond acceptors (Lipinski definition) is 4. The van der Waals surface area contributed by atoms with Crippen molar-refractivity contribution in [3.05, 3.63) is 77.9 Å². The Morgan fingerprint density at radius 3 is 2.58 bits per heavy atom. The maximum atomic E-state index is 12.0. The van der Waals surface area contributed by atoms with Gasteiger partial charge in [0.05, 0.1) is 24.7 Å². The van der Waals surface area contributed by atoms with Gasteiger partial charge in [0.2, 0.25) is 0 Å². The molecular weight excluding hydrogens is 302 g/mol. The lowest BCUT2D eigenvalue weighted by Crippen LogP contribution is -2.16. The number of nitriles is 1. The second-order valence-corrected chi connectivity index (χ2v) is 5.39. The summed E-state index contributed by atoms with van der Waals surface area (Å²) in [5, 5.41) is 9.14. The Labute approximate surface area is 142 Å². The van der Waals surface area contributed by atoms with Gasteiger partial charge in [-0.15, -0.1) is 0 Å². The van der Waals surface area contributed by atoms with Crippen molar-refractivity contribution in [2.24, 2.45) is 0 Å². The van der Waals surface area contributed by atoms with Crippen LogP contribution in [0.4, 0.5) is 0 Å². The van der Waals surface area contributed by atoms with E-state index in [-0.39, 0.29) is 5.92 Å². The molecule has 1 saturated heterocycles. The lowest BCUT2D eigenvalue weighted by molar-refractivity contribution is -0.137. The van der Waals surface area contributed by atoms with Crippen LogP contribution in [0.25, 0.3) is 0 Å². The van der Waals surface area contributed by atoms with E-state index in [1.165, 1.54) is 0 Å². The van der Waals surface area contributed by atoms with Gasteiger partial charge < -0.3 is 9.47 Å². The van der Waals surface area contributed by atoms with Gasteiger partial charge in [-0.1, -0.05) is 31.4 Å². The van der Waals surface area contributed by atoms with Gasteiger partial charge >= 0.3 is 5.97 Å². The molecule has 24 heavy (non-hydrogen) atoms. The Morgan fingerprint density at radius 2 is 2.04 bits per heavy atom. The van der Waals surface area contributed by atoms with Crippen molar-refractivity contribution in [2.45, 2.75) is 18.9 Å². The molecule has 0 radical (unpaired) electrons. The van der Waals surface area contributed by atoms with E-state index in [1.807, 2.05) is 31.2 Å². The Kier molecular flexibility index (Phi) is 5.39. The molecule has 0 saturated carbocycles. The normalized spacial score (nSPS) is 20.8. The lowest BCUT2D eigenvalue weighted by atomic mass is 9.86. The summed E-state index contributed by atoms with van der Waals surface area (Å²) in [6, 6.07) is 9.47. The van der Waals surface area contributed by atoms with E-state index in [9.17, 15) is 4.79 Å². The summed E-state index contributed by atoms with van der Waals surface area (Å²) in [7, 11) is 1.59. The molecule has 1 heterocycles. The van der Waals surface area contributed by atoms with Gasteiger partial charge in [-0.25, -0.2) is 4.79 Å². The highest BCUT2D eigenvalue weighted by atomic mass is 16.6. The van der Waals surface area contributed by atoms with E-state index >= 15 is 0 Å². The second-order valence-electron chi connectivity index (χ2n) is 5.39. The van der Waals surface area contributed by atoms with Crippen LogP contribution in [0.5, 0.6) is 5.75 Å². The molecule has 4 nitrogen and oxygen atoms in total. The molecule has 1 aromatic carbocycles. The number of benzene rings is 1. The fourth-order valence-electron chi connectivity index (χ4n) is 2.62. The van der Waals surface area contributed by atoms with Crippen LogP contribution < -0.4 is 4.74 Å². The Morgan fingerprint density at radius 1 is 1.38 bits per heavy atom. The second kappa shape index (κ2) is 7.47. The number of carbonyl (C=O) groups is 1. The highest BCUT2D eigenvalue weighted by Gasteiger charge is 2.40. The van der Waals surface area contributed by atoms with Crippen LogP contribution in [0, 0.1) is 11.3 Å². The molecule has 0 bridgehead atoms. The van der Waals surface area contributed by atoms with Crippen LogP contribution in [0.15, 0.2) is 72.4 Å². The molecule has 1 aliphatic rings. The van der Waals surface area contributed by atoms with Crippen molar-refractivity contribution in [1.82, 2.24) is 0 Å². The molecule has 1 fully saturated rings. The van der Waals surface area contributed by atoms with Crippen molar-refractivity contribution >= 4 is 5.97 Å². The van der Waals surface area contributed by atoms with Gasteiger partial charge in [0, 0.05) is 5.57 Å². The average molecular weight is 321 g/mol. The smallest absolute Gasteiger partial charge is 0.334 e. The largest absolute Gasteiger partial charge is 0.497 e. The van der Waals surface area contributed by atoms with Crippen molar-refractivity contribution in [1.29, 1.82) is 5.26 Å². The summed E-state index contributed by atoms with van der Waals surface area (Å²) in [5.41, 5.74) is 2.27. The SMILES string of the molecule is C=C(/C=C(C#N)\C=C/C)[C@H]1OC(=O)C(=C)[C@H]1c1ccc(OC)cc1. The molecule has 1 aliphatic heterocycles. The van der Waals surface area contributed by atoms with E-state index in [4.69, 9.17) is 14.7 Å². The van der Waals surface area contributed by atoms with E-state index < -0.39 is 12.1 Å². The molecule has 0 aliphatic carbocycles. The molecule has 0 amide bonds. The standard InChI is InChI=1S/C20H19NO3/c1-5-6-15(12-21)11-13(2)19-18(14(3)20(22)24-19)16-7-9-17(23-4)10-8-16/h5-11,18-19H,2-3H2,1,4H3/b6-5-,15-11+/t18-,19+/m0/s1. The topological polar surface area (TPSA) is 59.3 Å². The summed E-state index contributed by atoms with van der Waals surface area (Å²) in [5.74, 6) is -0.0534. The van der Waals surface area contributed by atoms with Crippen LogP contribution in [-0.4, -0.2) is 19.2 Å². The highest BCUT2D eigenvalue weighted by molar-refractivity contribution is 5.93. The summed E-state index contributed by atoms with van der Waals surface area (Å²) in [6.45, 7) is 9.66. The van der Waals surface area contributed by atoms with Crippen LogP contribution in [-0.2, 0) is 9.53 Å². The van der Waals surface area contributed by atoms with Crippen molar-refractivity contribution in [3.8, 4) is 11.8 Å². The zero-order chi connectivity index (χ0) is 17.7. The van der Waals surface area contributed by atoms with Crippen molar-refractivity contribution in [2.75, 3.05) is 7.11 Å². The minimum atomic E-state index is -0.577. The van der Waals surface area contributed by atoms with Gasteiger partial charge in [-0.2, -0.15) is 5.26 Å². The number of ether oxygens (including phenoxy) is 2. The first kappa shape index (κ1) is 17.3. The fourth-order valence-corrected chi connectivity index (χ4v) is 2.62. The minimum Gasteiger partial charge on any atom is -0.497 e. The van der Waals surface area contributed by atoms with Gasteiger partial charge in [-0.3, -0.25) is 0 Å². The third kappa shape index (κ3) is 3.47.